The van der Waals surface area contributed by atoms with Gasteiger partial charge < -0.3 is 10.0 Å². The maximum atomic E-state index is 11.0. The molecule has 1 N–H and O–H groups in total. The highest BCUT2D eigenvalue weighted by Crippen LogP contribution is 2.37. The number of carboxylic acids is 1. The quantitative estimate of drug-likeness (QED) is 0.834. The Kier molecular flexibility index (Phi) is 2.65. The molecule has 0 saturated heterocycles. The molecule has 1 heterocycles. The maximum absolute atomic E-state index is 11.0. The summed E-state index contributed by atoms with van der Waals surface area (Å²) in [6, 6.07) is 0. The van der Waals surface area contributed by atoms with Gasteiger partial charge in [0.1, 0.15) is 5.92 Å². The van der Waals surface area contributed by atoms with Gasteiger partial charge >= 0.3 is 5.97 Å². The number of carboxylic acid groups (broad SMARTS) is 1. The molecule has 15 heavy (non-hydrogen) atoms. The predicted molar refractivity (Wildman–Crippen MR) is 59.8 cm³/mol. The Morgan fingerprint density at radius 3 is 2.93 bits per heavy atom. The largest absolute Gasteiger partial charge is 0.481 e. The Morgan fingerprint density at radius 2 is 2.33 bits per heavy atom. The second kappa shape index (κ2) is 3.81. The average Bonchev–Trinajstić information content (AvgIpc) is 2.60. The number of aliphatic carboxylic acids is 1. The maximum Gasteiger partial charge on any atom is 0.312 e. The Hall–Kier alpha value is -1.10. The predicted octanol–water partition coefficient (Wildman–Crippen LogP) is 1.71. The number of rotatable bonds is 2. The van der Waals surface area contributed by atoms with Crippen molar-refractivity contribution in [2.75, 3.05) is 19.0 Å². The lowest BCUT2D eigenvalue weighted by atomic mass is 9.91. The van der Waals surface area contributed by atoms with Gasteiger partial charge in [0.2, 0.25) is 0 Å². The van der Waals surface area contributed by atoms with Gasteiger partial charge in [0.25, 0.3) is 0 Å². The van der Waals surface area contributed by atoms with E-state index in [0.717, 1.165) is 35.0 Å². The molecule has 1 unspecified atom stereocenters. The fourth-order valence-electron chi connectivity index (χ4n) is 1.84. The molecule has 0 radical (unpaired) electrons. The molecule has 0 bridgehead atoms. The van der Waals surface area contributed by atoms with Crippen molar-refractivity contribution in [1.82, 2.24) is 4.98 Å². The summed E-state index contributed by atoms with van der Waals surface area (Å²) in [6.45, 7) is 0. The summed E-state index contributed by atoms with van der Waals surface area (Å²) in [4.78, 5) is 18.5. The van der Waals surface area contributed by atoms with Crippen molar-refractivity contribution in [3.63, 3.8) is 0 Å². The number of aromatic nitrogens is 1. The van der Waals surface area contributed by atoms with Crippen molar-refractivity contribution in [2.24, 2.45) is 0 Å². The summed E-state index contributed by atoms with van der Waals surface area (Å²) >= 11 is 1.62. The molecule has 1 atom stereocenters. The number of thiazole rings is 1. The van der Waals surface area contributed by atoms with Crippen LogP contribution in [0.4, 0.5) is 5.13 Å². The molecule has 5 heteroatoms. The van der Waals surface area contributed by atoms with Crippen LogP contribution in [0.5, 0.6) is 0 Å². The number of carbonyl (C=O) groups is 1. The molecule has 0 amide bonds. The number of hydrogen-bond acceptors (Lipinski definition) is 4. The van der Waals surface area contributed by atoms with Crippen molar-refractivity contribution in [3.8, 4) is 0 Å². The average molecular weight is 226 g/mol. The molecule has 1 aromatic heterocycles. The first-order chi connectivity index (χ1) is 7.09. The van der Waals surface area contributed by atoms with Crippen molar-refractivity contribution >= 4 is 22.4 Å². The van der Waals surface area contributed by atoms with E-state index >= 15 is 0 Å². The lowest BCUT2D eigenvalue weighted by molar-refractivity contribution is -0.139. The zero-order valence-corrected chi connectivity index (χ0v) is 9.67. The minimum atomic E-state index is -0.744. The van der Waals surface area contributed by atoms with E-state index in [-0.39, 0.29) is 0 Å². The minimum absolute atomic E-state index is 0.390. The lowest BCUT2D eigenvalue weighted by Crippen LogP contribution is -2.17. The molecule has 1 aliphatic carbocycles. The first kappa shape index (κ1) is 10.4. The van der Waals surface area contributed by atoms with Crippen LogP contribution in [0.1, 0.15) is 29.3 Å². The van der Waals surface area contributed by atoms with Gasteiger partial charge in [0.15, 0.2) is 5.13 Å². The highest BCUT2D eigenvalue weighted by Gasteiger charge is 2.30. The van der Waals surface area contributed by atoms with E-state index in [0.29, 0.717) is 0 Å². The van der Waals surface area contributed by atoms with Gasteiger partial charge in [-0.3, -0.25) is 4.79 Å². The third-order valence-corrected chi connectivity index (χ3v) is 3.92. The van der Waals surface area contributed by atoms with E-state index in [1.807, 2.05) is 19.0 Å². The molecule has 0 aromatic carbocycles. The van der Waals surface area contributed by atoms with Gasteiger partial charge in [-0.25, -0.2) is 4.98 Å². The zero-order chi connectivity index (χ0) is 11.0. The van der Waals surface area contributed by atoms with Gasteiger partial charge in [-0.2, -0.15) is 0 Å². The monoisotopic (exact) mass is 226 g/mol. The molecular weight excluding hydrogens is 212 g/mol. The lowest BCUT2D eigenvalue weighted by Gasteiger charge is -2.16. The number of nitrogens with zero attached hydrogens (tertiary/aromatic N) is 2. The number of anilines is 1. The molecule has 2 rings (SSSR count). The van der Waals surface area contributed by atoms with E-state index in [9.17, 15) is 4.79 Å². The Bertz CT molecular complexity index is 387. The smallest absolute Gasteiger partial charge is 0.312 e. The highest BCUT2D eigenvalue weighted by atomic mass is 32.1. The molecule has 1 aromatic rings. The fraction of sp³-hybridized carbons (Fsp3) is 0.600. The Morgan fingerprint density at radius 1 is 1.60 bits per heavy atom. The van der Waals surface area contributed by atoms with Gasteiger partial charge in [-0.05, 0) is 19.3 Å². The van der Waals surface area contributed by atoms with Crippen LogP contribution in [0.3, 0.4) is 0 Å². The standard InChI is InChI=1S/C10H14N2O2S/c1-12(2)10-11-8-6(9(13)14)4-3-5-7(8)15-10/h6H,3-5H2,1-2H3,(H,13,14). The van der Waals surface area contributed by atoms with Gasteiger partial charge in [0.05, 0.1) is 5.69 Å². The molecular formula is C10H14N2O2S. The van der Waals surface area contributed by atoms with Gasteiger partial charge in [-0.15, -0.1) is 11.3 Å². The summed E-state index contributed by atoms with van der Waals surface area (Å²) < 4.78 is 0. The fourth-order valence-corrected chi connectivity index (χ4v) is 2.92. The van der Waals surface area contributed by atoms with E-state index in [4.69, 9.17) is 5.11 Å². The second-order valence-electron chi connectivity index (χ2n) is 3.98. The van der Waals surface area contributed by atoms with Crippen LogP contribution in [-0.2, 0) is 11.2 Å². The van der Waals surface area contributed by atoms with Crippen molar-refractivity contribution in [1.29, 1.82) is 0 Å². The number of aryl methyl sites for hydroxylation is 1. The van der Waals surface area contributed by atoms with E-state index < -0.39 is 11.9 Å². The Balaban J connectivity index is 2.38. The molecule has 0 spiro atoms. The zero-order valence-electron chi connectivity index (χ0n) is 8.86. The van der Waals surface area contributed by atoms with E-state index in [2.05, 4.69) is 4.98 Å². The first-order valence-corrected chi connectivity index (χ1v) is 5.81. The van der Waals surface area contributed by atoms with Crippen LogP contribution in [-0.4, -0.2) is 30.2 Å². The molecule has 4 nitrogen and oxygen atoms in total. The van der Waals surface area contributed by atoms with Crippen LogP contribution in [0.2, 0.25) is 0 Å². The summed E-state index contributed by atoms with van der Waals surface area (Å²) in [5, 5.41) is 9.99. The van der Waals surface area contributed by atoms with E-state index in [1.54, 1.807) is 11.3 Å². The van der Waals surface area contributed by atoms with Crippen LogP contribution < -0.4 is 4.90 Å². The van der Waals surface area contributed by atoms with Crippen molar-refractivity contribution < 1.29 is 9.90 Å². The minimum Gasteiger partial charge on any atom is -0.481 e. The Labute approximate surface area is 92.6 Å². The van der Waals surface area contributed by atoms with Crippen LogP contribution in [0.25, 0.3) is 0 Å². The third-order valence-electron chi connectivity index (χ3n) is 2.62. The van der Waals surface area contributed by atoms with Crippen LogP contribution >= 0.6 is 11.3 Å². The summed E-state index contributed by atoms with van der Waals surface area (Å²) in [5.41, 5.74) is 0.794. The van der Waals surface area contributed by atoms with Crippen molar-refractivity contribution in [3.05, 3.63) is 10.6 Å². The summed E-state index contributed by atoms with van der Waals surface area (Å²) in [5.74, 6) is -1.13. The highest BCUT2D eigenvalue weighted by molar-refractivity contribution is 7.15. The number of fused-ring (bicyclic) bond motifs is 1. The van der Waals surface area contributed by atoms with Crippen molar-refractivity contribution in [2.45, 2.75) is 25.2 Å². The SMILES string of the molecule is CN(C)c1nc2c(s1)CCCC2C(=O)O. The molecule has 1 aliphatic rings. The normalized spacial score (nSPS) is 19.7. The summed E-state index contributed by atoms with van der Waals surface area (Å²) in [6.07, 6.45) is 2.66. The van der Waals surface area contributed by atoms with Gasteiger partial charge in [0, 0.05) is 19.0 Å². The molecule has 0 aliphatic heterocycles. The molecule has 0 saturated carbocycles. The van der Waals surface area contributed by atoms with Crippen LogP contribution in [0, 0.1) is 0 Å². The first-order valence-electron chi connectivity index (χ1n) is 4.99. The molecule has 0 fully saturated rings. The topological polar surface area (TPSA) is 53.4 Å². The van der Waals surface area contributed by atoms with Gasteiger partial charge in [-0.1, -0.05) is 0 Å². The summed E-state index contributed by atoms with van der Waals surface area (Å²) in [7, 11) is 3.86. The number of hydrogen-bond donors (Lipinski definition) is 1. The molecule has 82 valence electrons. The van der Waals surface area contributed by atoms with Crippen LogP contribution in [0.15, 0.2) is 0 Å². The second-order valence-corrected chi connectivity index (χ2v) is 5.04. The van der Waals surface area contributed by atoms with E-state index in [1.165, 1.54) is 0 Å². The third kappa shape index (κ3) is 1.84.